The zero-order valence-corrected chi connectivity index (χ0v) is 17.7. The van der Waals surface area contributed by atoms with Gasteiger partial charge in [-0.1, -0.05) is 40.2 Å². The fraction of sp³-hybridized carbons (Fsp3) is 0.609. The first-order chi connectivity index (χ1) is 13.3. The average molecular weight is 383 g/mol. The third-order valence-corrected chi connectivity index (χ3v) is 6.29. The number of hydrogen-bond donors (Lipinski definition) is 0. The van der Waals surface area contributed by atoms with Crippen LogP contribution in [-0.2, 0) is 29.5 Å². The molecule has 2 aromatic rings. The van der Waals surface area contributed by atoms with E-state index in [1.165, 1.54) is 6.42 Å². The highest BCUT2D eigenvalue weighted by atomic mass is 16.5. The van der Waals surface area contributed by atoms with Crippen molar-refractivity contribution in [1.29, 1.82) is 0 Å². The lowest BCUT2D eigenvalue weighted by molar-refractivity contribution is -0.653. The number of hydrogen-bond acceptors (Lipinski definition) is 2. The minimum Gasteiger partial charge on any atom is -0.459 e. The molecule has 0 aliphatic heterocycles. The van der Waals surface area contributed by atoms with E-state index in [9.17, 15) is 4.79 Å². The van der Waals surface area contributed by atoms with Gasteiger partial charge in [0.25, 0.3) is 5.82 Å². The van der Waals surface area contributed by atoms with Crippen LogP contribution in [0.2, 0.25) is 0 Å². The molecule has 1 heterocycles. The molecular weight excluding hydrogens is 350 g/mol. The summed E-state index contributed by atoms with van der Waals surface area (Å²) < 4.78 is 10.1. The van der Waals surface area contributed by atoms with Crippen LogP contribution in [0.25, 0.3) is 15.9 Å². The van der Waals surface area contributed by atoms with Crippen molar-refractivity contribution in [2.45, 2.75) is 66.0 Å². The molecule has 1 aliphatic rings. The largest absolute Gasteiger partial charge is 0.459 e. The van der Waals surface area contributed by atoms with E-state index >= 15 is 0 Å². The van der Waals surface area contributed by atoms with Crippen molar-refractivity contribution in [1.82, 2.24) is 4.57 Å². The monoisotopic (exact) mass is 382 g/mol. The summed E-state index contributed by atoms with van der Waals surface area (Å²) >= 11 is 0. The fourth-order valence-electron chi connectivity index (χ4n) is 4.73. The zero-order chi connectivity index (χ0) is 20.4. The Morgan fingerprint density at radius 2 is 2.14 bits per heavy atom. The van der Waals surface area contributed by atoms with Crippen molar-refractivity contribution in [3.05, 3.63) is 35.4 Å². The molecule has 0 radical (unpaired) electrons. The number of esters is 1. The number of ether oxygens (including phenoxy) is 1. The molecule has 1 aromatic heterocycles. The maximum atomic E-state index is 12.9. The van der Waals surface area contributed by atoms with E-state index in [1.54, 1.807) is 0 Å². The number of aryl methyl sites for hydroxylation is 1. The normalized spacial score (nSPS) is 22.4. The summed E-state index contributed by atoms with van der Waals surface area (Å²) in [7, 11) is 2.01. The molecule has 1 saturated carbocycles. The van der Waals surface area contributed by atoms with Gasteiger partial charge in [-0.2, -0.15) is 0 Å². The molecule has 1 unspecified atom stereocenters. The molecule has 0 saturated heterocycles. The molecule has 1 aliphatic carbocycles. The summed E-state index contributed by atoms with van der Waals surface area (Å²) in [6.07, 6.45) is 4.12. The van der Waals surface area contributed by atoms with Gasteiger partial charge in [-0.05, 0) is 42.7 Å². The first-order valence-electron chi connectivity index (χ1n) is 10.4. The van der Waals surface area contributed by atoms with Crippen molar-refractivity contribution in [2.24, 2.45) is 24.8 Å². The molecular formula is C23H32N3O2+. The van der Waals surface area contributed by atoms with E-state index in [2.05, 4.69) is 37.1 Å². The molecule has 1 fully saturated rings. The van der Waals surface area contributed by atoms with Gasteiger partial charge in [0.1, 0.15) is 6.10 Å². The number of nitrogens with zero attached hydrogens (tertiary/aromatic N) is 3. The van der Waals surface area contributed by atoms with E-state index in [1.807, 2.05) is 29.8 Å². The highest BCUT2D eigenvalue weighted by Crippen LogP contribution is 2.35. The van der Waals surface area contributed by atoms with E-state index in [4.69, 9.17) is 11.3 Å². The number of benzene rings is 1. The lowest BCUT2D eigenvalue weighted by Crippen LogP contribution is -2.37. The van der Waals surface area contributed by atoms with Crippen molar-refractivity contribution >= 4 is 22.7 Å². The van der Waals surface area contributed by atoms with Gasteiger partial charge in [0.05, 0.1) is 13.6 Å². The number of rotatable bonds is 5. The lowest BCUT2D eigenvalue weighted by Gasteiger charge is -2.36. The van der Waals surface area contributed by atoms with Gasteiger partial charge in [-0.3, -0.25) is 0 Å². The Labute approximate surface area is 168 Å². The summed E-state index contributed by atoms with van der Waals surface area (Å²) in [4.78, 5) is 16.5. The van der Waals surface area contributed by atoms with Crippen LogP contribution >= 0.6 is 0 Å². The first-order valence-corrected chi connectivity index (χ1v) is 10.4. The van der Waals surface area contributed by atoms with Crippen LogP contribution in [-0.4, -0.2) is 16.6 Å². The Bertz CT molecular complexity index is 907. The Morgan fingerprint density at radius 3 is 2.79 bits per heavy atom. The standard InChI is InChI=1S/C23H32N3O2/c1-7-22-25(6)19-11-9-17(24-5)13-20(19)26(22)14-23(27)28-21-12-16(4)8-10-18(21)15(2)3/h9,11,13,15-16,18,21H,7-8,10,12,14H2,1-4,6H3/q+1/t16-,18+,21?/m1/s1. The maximum absolute atomic E-state index is 12.9. The van der Waals surface area contributed by atoms with Crippen LogP contribution in [0.4, 0.5) is 5.69 Å². The molecule has 1 aromatic carbocycles. The Kier molecular flexibility index (Phi) is 6.07. The molecule has 0 spiro atoms. The molecule has 3 rings (SSSR count). The molecule has 28 heavy (non-hydrogen) atoms. The van der Waals surface area contributed by atoms with Crippen LogP contribution in [0.1, 0.15) is 52.8 Å². The van der Waals surface area contributed by atoms with Gasteiger partial charge in [-0.15, -0.1) is 0 Å². The number of aromatic nitrogens is 2. The maximum Gasteiger partial charge on any atom is 0.348 e. The van der Waals surface area contributed by atoms with Gasteiger partial charge < -0.3 is 4.74 Å². The van der Waals surface area contributed by atoms with Gasteiger partial charge in [0.2, 0.25) is 0 Å². The van der Waals surface area contributed by atoms with E-state index in [0.717, 1.165) is 36.1 Å². The van der Waals surface area contributed by atoms with Gasteiger partial charge in [-0.25, -0.2) is 18.8 Å². The smallest absolute Gasteiger partial charge is 0.348 e. The summed E-state index contributed by atoms with van der Waals surface area (Å²) in [5.41, 5.74) is 2.54. The van der Waals surface area contributed by atoms with E-state index < -0.39 is 0 Å². The first kappa shape index (κ1) is 20.4. The average Bonchev–Trinajstić information content (AvgIpc) is 2.92. The number of carbonyl (C=O) groups excluding carboxylic acids is 1. The van der Waals surface area contributed by atoms with Crippen molar-refractivity contribution in [3.8, 4) is 0 Å². The second-order valence-corrected chi connectivity index (χ2v) is 8.55. The fourth-order valence-corrected chi connectivity index (χ4v) is 4.73. The predicted octanol–water partition coefficient (Wildman–Crippen LogP) is 4.58. The molecule has 5 nitrogen and oxygen atoms in total. The van der Waals surface area contributed by atoms with E-state index in [0.29, 0.717) is 23.4 Å². The minimum atomic E-state index is -0.176. The Balaban J connectivity index is 1.87. The van der Waals surface area contributed by atoms with Gasteiger partial charge >= 0.3 is 5.97 Å². The minimum absolute atomic E-state index is 0.00991. The summed E-state index contributed by atoms with van der Waals surface area (Å²) in [5.74, 6) is 2.45. The van der Waals surface area contributed by atoms with Crippen LogP contribution in [0.15, 0.2) is 18.2 Å². The SMILES string of the molecule is [C-]#[N+]c1ccc2c(c1)n(CC(=O)OC1C[C@H](C)CC[C@H]1C(C)C)c(CC)[n+]2C. The van der Waals surface area contributed by atoms with Gasteiger partial charge in [0.15, 0.2) is 23.3 Å². The number of carbonyl (C=O) groups is 1. The molecule has 0 N–H and O–H groups in total. The lowest BCUT2D eigenvalue weighted by atomic mass is 9.75. The second kappa shape index (κ2) is 8.34. The van der Waals surface area contributed by atoms with Crippen LogP contribution in [0.5, 0.6) is 0 Å². The number of fused-ring (bicyclic) bond motifs is 1. The third-order valence-electron chi connectivity index (χ3n) is 6.29. The molecule has 3 atom stereocenters. The summed E-state index contributed by atoms with van der Waals surface area (Å²) in [5, 5.41) is 0. The Hall–Kier alpha value is -2.35. The van der Waals surface area contributed by atoms with Crippen molar-refractivity contribution in [3.63, 3.8) is 0 Å². The van der Waals surface area contributed by atoms with Crippen molar-refractivity contribution < 1.29 is 14.1 Å². The molecule has 0 amide bonds. The molecule has 150 valence electrons. The van der Waals surface area contributed by atoms with Crippen LogP contribution in [0, 0.1) is 24.3 Å². The summed E-state index contributed by atoms with van der Waals surface area (Å²) in [6.45, 7) is 16.3. The highest BCUT2D eigenvalue weighted by Gasteiger charge is 2.34. The van der Waals surface area contributed by atoms with Gasteiger partial charge in [0, 0.05) is 6.42 Å². The van der Waals surface area contributed by atoms with Crippen LogP contribution in [0.3, 0.4) is 0 Å². The number of imidazole rings is 1. The molecule has 0 bridgehead atoms. The highest BCUT2D eigenvalue weighted by molar-refractivity contribution is 5.80. The zero-order valence-electron chi connectivity index (χ0n) is 17.7. The Morgan fingerprint density at radius 1 is 1.39 bits per heavy atom. The van der Waals surface area contributed by atoms with E-state index in [-0.39, 0.29) is 18.6 Å². The quantitative estimate of drug-likeness (QED) is 0.431. The third kappa shape index (κ3) is 3.92. The molecule has 5 heteroatoms. The second-order valence-electron chi connectivity index (χ2n) is 8.55. The predicted molar refractivity (Wildman–Crippen MR) is 110 cm³/mol. The summed E-state index contributed by atoms with van der Waals surface area (Å²) in [6, 6.07) is 5.66. The van der Waals surface area contributed by atoms with Crippen LogP contribution < -0.4 is 4.57 Å². The topological polar surface area (TPSA) is 39.5 Å². The van der Waals surface area contributed by atoms with Crippen molar-refractivity contribution in [2.75, 3.05) is 0 Å².